The van der Waals surface area contributed by atoms with Crippen LogP contribution in [0, 0.1) is 0 Å². The second kappa shape index (κ2) is 9.45. The maximum Gasteiger partial charge on any atom is 0.256 e. The molecule has 5 heteroatoms. The van der Waals surface area contributed by atoms with E-state index in [1.807, 2.05) is 77.7 Å². The number of halogens is 1. The fourth-order valence-electron chi connectivity index (χ4n) is 4.76. The van der Waals surface area contributed by atoms with Crippen LogP contribution in [-0.2, 0) is 16.8 Å². The van der Waals surface area contributed by atoms with E-state index < -0.39 is 5.41 Å². The number of carbonyl (C=O) groups excluding carboxylic acids is 1. The van der Waals surface area contributed by atoms with Gasteiger partial charge in [0.1, 0.15) is 5.41 Å². The largest absolute Gasteiger partial charge is 0.309 e. The fourth-order valence-corrected chi connectivity index (χ4v) is 4.95. The quantitative estimate of drug-likeness (QED) is 0.465. The molecule has 0 saturated heterocycles. The summed E-state index contributed by atoms with van der Waals surface area (Å²) in [6.45, 7) is 1.47. The van der Waals surface area contributed by atoms with Crippen molar-refractivity contribution in [3.8, 4) is 0 Å². The minimum Gasteiger partial charge on any atom is -0.309 e. The van der Waals surface area contributed by atoms with E-state index in [9.17, 15) is 4.79 Å². The maximum atomic E-state index is 14.3. The Hall–Kier alpha value is -2.66. The summed E-state index contributed by atoms with van der Waals surface area (Å²) >= 11 is 6.43. The van der Waals surface area contributed by atoms with Gasteiger partial charge in [-0.3, -0.25) is 4.79 Å². The number of nitrogens with zero attached hydrogens (tertiary/aromatic N) is 3. The molecule has 0 radical (unpaired) electrons. The summed E-state index contributed by atoms with van der Waals surface area (Å²) in [5, 5.41) is 4.54. The molecule has 0 aromatic heterocycles. The first-order valence-electron chi connectivity index (χ1n) is 11.0. The molecule has 0 spiro atoms. The van der Waals surface area contributed by atoms with E-state index in [1.165, 1.54) is 0 Å². The lowest BCUT2D eigenvalue weighted by atomic mass is 9.72. The van der Waals surface area contributed by atoms with Gasteiger partial charge < -0.3 is 4.90 Å². The van der Waals surface area contributed by atoms with Crippen LogP contribution in [-0.4, -0.2) is 43.5 Å². The lowest BCUT2D eigenvalue weighted by Crippen LogP contribution is -2.48. The number of hydrogen-bond acceptors (Lipinski definition) is 3. The van der Waals surface area contributed by atoms with Crippen molar-refractivity contribution in [2.75, 3.05) is 32.7 Å². The second-order valence-corrected chi connectivity index (χ2v) is 9.13. The Kier molecular flexibility index (Phi) is 6.66. The van der Waals surface area contributed by atoms with Crippen LogP contribution in [0.4, 0.5) is 5.69 Å². The SMILES string of the molecule is CN(C)CCCC1(c2ccccc2)C(=O)N(N(C)Cc2ccccc2Cl)c2ccccc21. The van der Waals surface area contributed by atoms with E-state index in [-0.39, 0.29) is 5.91 Å². The van der Waals surface area contributed by atoms with Gasteiger partial charge in [0, 0.05) is 18.6 Å². The Balaban J connectivity index is 1.78. The molecule has 166 valence electrons. The molecule has 4 nitrogen and oxygen atoms in total. The molecule has 32 heavy (non-hydrogen) atoms. The molecule has 0 N–H and O–H groups in total. The molecule has 0 aliphatic carbocycles. The monoisotopic (exact) mass is 447 g/mol. The number of para-hydroxylation sites is 1. The van der Waals surface area contributed by atoms with Crippen molar-refractivity contribution < 1.29 is 4.79 Å². The average Bonchev–Trinajstić information content (AvgIpc) is 3.04. The number of hydrazine groups is 1. The average molecular weight is 448 g/mol. The molecule has 1 heterocycles. The molecular weight excluding hydrogens is 418 g/mol. The Morgan fingerprint density at radius 3 is 2.25 bits per heavy atom. The molecule has 4 rings (SSSR count). The zero-order chi connectivity index (χ0) is 22.7. The summed E-state index contributed by atoms with van der Waals surface area (Å²) in [5.41, 5.74) is 3.35. The number of amides is 1. The number of hydrogen-bond donors (Lipinski definition) is 0. The standard InChI is InChI=1S/C27H30ClN3O/c1-29(2)19-11-18-27(22-13-5-4-6-14-22)23-15-8-10-17-25(23)31(26(27)32)30(3)20-21-12-7-9-16-24(21)28/h4-10,12-17H,11,18-20H2,1-3H3. The third-order valence-corrected chi connectivity index (χ3v) is 6.64. The zero-order valence-corrected chi connectivity index (χ0v) is 19.7. The molecule has 1 aliphatic rings. The minimum absolute atomic E-state index is 0.0956. The number of benzene rings is 3. The summed E-state index contributed by atoms with van der Waals surface area (Å²) in [4.78, 5) is 16.5. The van der Waals surface area contributed by atoms with Gasteiger partial charge in [-0.15, -0.1) is 0 Å². The van der Waals surface area contributed by atoms with Crippen LogP contribution in [0.3, 0.4) is 0 Å². The highest BCUT2D eigenvalue weighted by Crippen LogP contribution is 2.49. The molecule has 0 saturated carbocycles. The number of carbonyl (C=O) groups is 1. The van der Waals surface area contributed by atoms with Crippen LogP contribution in [0.25, 0.3) is 0 Å². The van der Waals surface area contributed by atoms with Gasteiger partial charge in [0.15, 0.2) is 0 Å². The van der Waals surface area contributed by atoms with Crippen molar-refractivity contribution in [3.63, 3.8) is 0 Å². The summed E-state index contributed by atoms with van der Waals surface area (Å²) in [5.74, 6) is 0.0956. The van der Waals surface area contributed by atoms with E-state index in [1.54, 1.807) is 0 Å². The third-order valence-electron chi connectivity index (χ3n) is 6.27. The van der Waals surface area contributed by atoms with Crippen molar-refractivity contribution in [2.45, 2.75) is 24.8 Å². The fraction of sp³-hybridized carbons (Fsp3) is 0.296. The molecule has 1 unspecified atom stereocenters. The summed E-state index contributed by atoms with van der Waals surface area (Å²) in [6.07, 6.45) is 1.67. The molecule has 1 atom stereocenters. The van der Waals surface area contributed by atoms with Gasteiger partial charge in [0.05, 0.1) is 5.69 Å². The van der Waals surface area contributed by atoms with Crippen LogP contribution in [0.2, 0.25) is 5.02 Å². The lowest BCUT2D eigenvalue weighted by Gasteiger charge is -2.33. The second-order valence-electron chi connectivity index (χ2n) is 8.72. The first-order valence-corrected chi connectivity index (χ1v) is 11.4. The Morgan fingerprint density at radius 2 is 1.53 bits per heavy atom. The van der Waals surface area contributed by atoms with Gasteiger partial charge in [0.2, 0.25) is 0 Å². The highest BCUT2D eigenvalue weighted by Gasteiger charge is 2.52. The lowest BCUT2D eigenvalue weighted by molar-refractivity contribution is -0.124. The number of anilines is 1. The van der Waals surface area contributed by atoms with Gasteiger partial charge in [-0.05, 0) is 62.3 Å². The van der Waals surface area contributed by atoms with Crippen molar-refractivity contribution >= 4 is 23.2 Å². The Labute approximate surface area is 196 Å². The van der Waals surface area contributed by atoms with E-state index in [4.69, 9.17) is 11.6 Å². The topological polar surface area (TPSA) is 26.8 Å². The first kappa shape index (κ1) is 22.5. The van der Waals surface area contributed by atoms with E-state index in [0.717, 1.165) is 41.8 Å². The van der Waals surface area contributed by atoms with Crippen LogP contribution in [0.1, 0.15) is 29.5 Å². The van der Waals surface area contributed by atoms with E-state index in [2.05, 4.69) is 37.2 Å². The van der Waals surface area contributed by atoms with Crippen molar-refractivity contribution in [1.29, 1.82) is 0 Å². The molecule has 1 aliphatic heterocycles. The van der Waals surface area contributed by atoms with Crippen LogP contribution < -0.4 is 5.01 Å². The van der Waals surface area contributed by atoms with E-state index in [0.29, 0.717) is 11.6 Å². The van der Waals surface area contributed by atoms with Crippen LogP contribution in [0.15, 0.2) is 78.9 Å². The number of fused-ring (bicyclic) bond motifs is 1. The van der Waals surface area contributed by atoms with Gasteiger partial charge in [-0.25, -0.2) is 10.0 Å². The Bertz CT molecular complexity index is 1090. The summed E-state index contributed by atoms with van der Waals surface area (Å²) in [6, 6.07) is 26.2. The predicted molar refractivity (Wildman–Crippen MR) is 132 cm³/mol. The first-order chi connectivity index (χ1) is 15.4. The normalized spacial score (nSPS) is 17.9. The predicted octanol–water partition coefficient (Wildman–Crippen LogP) is 5.36. The van der Waals surface area contributed by atoms with Gasteiger partial charge in [-0.1, -0.05) is 78.3 Å². The summed E-state index contributed by atoms with van der Waals surface area (Å²) in [7, 11) is 6.10. The van der Waals surface area contributed by atoms with Crippen molar-refractivity contribution in [3.05, 3.63) is 101 Å². The van der Waals surface area contributed by atoms with E-state index >= 15 is 0 Å². The highest BCUT2D eigenvalue weighted by molar-refractivity contribution is 6.31. The molecule has 0 fully saturated rings. The van der Waals surface area contributed by atoms with Crippen molar-refractivity contribution in [1.82, 2.24) is 9.91 Å². The summed E-state index contributed by atoms with van der Waals surface area (Å²) < 4.78 is 0. The smallest absolute Gasteiger partial charge is 0.256 e. The molecular formula is C27H30ClN3O. The van der Waals surface area contributed by atoms with Gasteiger partial charge in [0.25, 0.3) is 5.91 Å². The maximum absolute atomic E-state index is 14.3. The van der Waals surface area contributed by atoms with Crippen molar-refractivity contribution in [2.24, 2.45) is 0 Å². The molecule has 3 aromatic rings. The Morgan fingerprint density at radius 1 is 0.875 bits per heavy atom. The number of rotatable bonds is 8. The third kappa shape index (κ3) is 4.06. The molecule has 1 amide bonds. The van der Waals surface area contributed by atoms with Gasteiger partial charge >= 0.3 is 0 Å². The molecule has 3 aromatic carbocycles. The highest BCUT2D eigenvalue weighted by atomic mass is 35.5. The molecule has 0 bridgehead atoms. The van der Waals surface area contributed by atoms with Crippen LogP contribution in [0.5, 0.6) is 0 Å². The minimum atomic E-state index is -0.706. The van der Waals surface area contributed by atoms with Gasteiger partial charge in [-0.2, -0.15) is 0 Å². The zero-order valence-electron chi connectivity index (χ0n) is 19.0. The van der Waals surface area contributed by atoms with Crippen LogP contribution >= 0.6 is 11.6 Å².